The van der Waals surface area contributed by atoms with Crippen LogP contribution in [-0.4, -0.2) is 26.7 Å². The van der Waals surface area contributed by atoms with Crippen LogP contribution in [0.25, 0.3) is 0 Å². The van der Waals surface area contributed by atoms with Crippen LogP contribution in [0.15, 0.2) is 18.2 Å². The summed E-state index contributed by atoms with van der Waals surface area (Å²) < 4.78 is 13.4. The van der Waals surface area contributed by atoms with Gasteiger partial charge < -0.3 is 10.2 Å². The summed E-state index contributed by atoms with van der Waals surface area (Å²) in [6.45, 7) is 3.09. The van der Waals surface area contributed by atoms with E-state index >= 15 is 0 Å². The zero-order valence-corrected chi connectivity index (χ0v) is 9.59. The zero-order valence-electron chi connectivity index (χ0n) is 9.59. The van der Waals surface area contributed by atoms with Crippen molar-refractivity contribution in [2.75, 3.05) is 31.6 Å². The van der Waals surface area contributed by atoms with Crippen LogP contribution in [-0.2, 0) is 5.41 Å². The first-order valence-electron chi connectivity index (χ1n) is 5.93. The van der Waals surface area contributed by atoms with Crippen molar-refractivity contribution in [3.8, 4) is 0 Å². The molecule has 1 fully saturated rings. The lowest BCUT2D eigenvalue weighted by Crippen LogP contribution is -2.45. The number of anilines is 1. The summed E-state index contributed by atoms with van der Waals surface area (Å²) in [6.07, 6.45) is 2.35. The van der Waals surface area contributed by atoms with Crippen LogP contribution in [0.5, 0.6) is 0 Å². The summed E-state index contributed by atoms with van der Waals surface area (Å²) >= 11 is 0. The first-order valence-corrected chi connectivity index (χ1v) is 5.93. The molecule has 1 aromatic rings. The second kappa shape index (κ2) is 3.45. The molecular formula is C13H17FN2. The summed E-state index contributed by atoms with van der Waals surface area (Å²) in [5.74, 6) is -0.112. The van der Waals surface area contributed by atoms with Gasteiger partial charge in [0.25, 0.3) is 0 Å². The van der Waals surface area contributed by atoms with Gasteiger partial charge >= 0.3 is 0 Å². The predicted molar refractivity (Wildman–Crippen MR) is 63.5 cm³/mol. The normalized spacial score (nSPS) is 28.5. The highest BCUT2D eigenvalue weighted by Gasteiger charge is 2.42. The number of nitrogens with one attached hydrogen (secondary N) is 1. The van der Waals surface area contributed by atoms with E-state index in [1.165, 1.54) is 24.1 Å². The minimum atomic E-state index is -0.112. The van der Waals surface area contributed by atoms with E-state index in [4.69, 9.17) is 0 Å². The summed E-state index contributed by atoms with van der Waals surface area (Å²) in [6, 6.07) is 5.20. The minimum Gasteiger partial charge on any atom is -0.373 e. The van der Waals surface area contributed by atoms with E-state index in [9.17, 15) is 4.39 Å². The lowest BCUT2D eigenvalue weighted by Gasteiger charge is -2.34. The monoisotopic (exact) mass is 220 g/mol. The van der Waals surface area contributed by atoms with Gasteiger partial charge in [0.1, 0.15) is 5.82 Å². The Morgan fingerprint density at radius 1 is 1.44 bits per heavy atom. The van der Waals surface area contributed by atoms with Crippen LogP contribution in [0, 0.1) is 5.82 Å². The molecule has 3 rings (SSSR count). The molecule has 0 saturated carbocycles. The first kappa shape index (κ1) is 10.1. The Balaban J connectivity index is 2.09. The highest BCUT2D eigenvalue weighted by Crippen LogP contribution is 2.43. The topological polar surface area (TPSA) is 15.3 Å². The number of benzene rings is 1. The van der Waals surface area contributed by atoms with E-state index in [2.05, 4.69) is 17.3 Å². The number of hydrogen-bond donors (Lipinski definition) is 1. The third kappa shape index (κ3) is 1.34. The van der Waals surface area contributed by atoms with Gasteiger partial charge in [-0.2, -0.15) is 0 Å². The molecule has 0 radical (unpaired) electrons. The molecule has 2 heterocycles. The molecule has 1 spiro atoms. The van der Waals surface area contributed by atoms with Crippen LogP contribution < -0.4 is 10.2 Å². The largest absolute Gasteiger partial charge is 0.373 e. The molecule has 1 aromatic carbocycles. The Kier molecular flexibility index (Phi) is 2.18. The Bertz CT molecular complexity index is 410. The molecule has 1 N–H and O–H groups in total. The van der Waals surface area contributed by atoms with Crippen molar-refractivity contribution in [2.45, 2.75) is 18.3 Å². The SMILES string of the molecule is CN1CC2(CCCNC2)c2cc(F)ccc21. The number of nitrogens with zero attached hydrogens (tertiary/aromatic N) is 1. The second-order valence-electron chi connectivity index (χ2n) is 5.08. The molecule has 0 amide bonds. The summed E-state index contributed by atoms with van der Waals surface area (Å²) in [4.78, 5) is 2.25. The number of fused-ring (bicyclic) bond motifs is 2. The van der Waals surface area contributed by atoms with Gasteiger partial charge in [0.05, 0.1) is 0 Å². The number of hydrogen-bond acceptors (Lipinski definition) is 2. The van der Waals surface area contributed by atoms with Crippen LogP contribution in [0.1, 0.15) is 18.4 Å². The Labute approximate surface area is 95.4 Å². The van der Waals surface area contributed by atoms with Gasteiger partial charge in [0.15, 0.2) is 0 Å². The second-order valence-corrected chi connectivity index (χ2v) is 5.08. The molecule has 2 nitrogen and oxygen atoms in total. The first-order chi connectivity index (χ1) is 7.71. The number of rotatable bonds is 0. The van der Waals surface area contributed by atoms with Crippen molar-refractivity contribution < 1.29 is 4.39 Å². The summed E-state index contributed by atoms with van der Waals surface area (Å²) in [7, 11) is 2.10. The van der Waals surface area contributed by atoms with Gasteiger partial charge in [-0.05, 0) is 43.1 Å². The molecule has 16 heavy (non-hydrogen) atoms. The molecular weight excluding hydrogens is 203 g/mol. The van der Waals surface area contributed by atoms with E-state index in [0.29, 0.717) is 0 Å². The zero-order chi connectivity index (χ0) is 11.2. The summed E-state index contributed by atoms with van der Waals surface area (Å²) in [5, 5.41) is 3.45. The van der Waals surface area contributed by atoms with Gasteiger partial charge in [-0.25, -0.2) is 4.39 Å². The molecule has 86 valence electrons. The highest BCUT2D eigenvalue weighted by atomic mass is 19.1. The highest BCUT2D eigenvalue weighted by molar-refractivity contribution is 5.62. The molecule has 0 aliphatic carbocycles. The quantitative estimate of drug-likeness (QED) is 0.718. The van der Waals surface area contributed by atoms with Crippen molar-refractivity contribution in [1.29, 1.82) is 0 Å². The van der Waals surface area contributed by atoms with Crippen molar-refractivity contribution in [3.63, 3.8) is 0 Å². The van der Waals surface area contributed by atoms with Gasteiger partial charge in [-0.1, -0.05) is 0 Å². The predicted octanol–water partition coefficient (Wildman–Crippen LogP) is 1.90. The molecule has 3 heteroatoms. The van der Waals surface area contributed by atoms with E-state index in [1.807, 2.05) is 6.07 Å². The molecule has 2 aliphatic rings. The van der Waals surface area contributed by atoms with E-state index in [1.54, 1.807) is 12.1 Å². The Hall–Kier alpha value is -1.09. The average molecular weight is 220 g/mol. The van der Waals surface area contributed by atoms with Gasteiger partial charge in [-0.15, -0.1) is 0 Å². The van der Waals surface area contributed by atoms with Crippen molar-refractivity contribution in [3.05, 3.63) is 29.6 Å². The van der Waals surface area contributed by atoms with Crippen molar-refractivity contribution in [1.82, 2.24) is 5.32 Å². The third-order valence-corrected chi connectivity index (χ3v) is 3.95. The smallest absolute Gasteiger partial charge is 0.123 e. The fourth-order valence-electron chi connectivity index (χ4n) is 3.22. The lowest BCUT2D eigenvalue weighted by molar-refractivity contribution is 0.331. The molecule has 1 unspecified atom stereocenters. The maximum Gasteiger partial charge on any atom is 0.123 e. The Morgan fingerprint density at radius 3 is 3.06 bits per heavy atom. The van der Waals surface area contributed by atoms with Crippen LogP contribution >= 0.6 is 0 Å². The van der Waals surface area contributed by atoms with Gasteiger partial charge in [0.2, 0.25) is 0 Å². The molecule has 1 saturated heterocycles. The number of piperidine rings is 1. The van der Waals surface area contributed by atoms with Crippen molar-refractivity contribution in [2.24, 2.45) is 0 Å². The van der Waals surface area contributed by atoms with Gasteiger partial charge in [0, 0.05) is 31.2 Å². The molecule has 1 atom stereocenters. The number of halogens is 1. The minimum absolute atomic E-state index is 0.112. The standard InChI is InChI=1S/C13H17FN2/c1-16-9-13(5-2-6-15-8-13)11-7-10(14)3-4-12(11)16/h3-4,7,15H,2,5-6,8-9H2,1H3. The average Bonchev–Trinajstić information content (AvgIpc) is 2.53. The van der Waals surface area contributed by atoms with Gasteiger partial charge in [-0.3, -0.25) is 0 Å². The van der Waals surface area contributed by atoms with E-state index < -0.39 is 0 Å². The van der Waals surface area contributed by atoms with E-state index in [-0.39, 0.29) is 11.2 Å². The number of likely N-dealkylation sites (N-methyl/N-ethyl adjacent to an activating group) is 1. The molecule has 2 aliphatic heterocycles. The van der Waals surface area contributed by atoms with Crippen LogP contribution in [0.3, 0.4) is 0 Å². The van der Waals surface area contributed by atoms with Crippen LogP contribution in [0.4, 0.5) is 10.1 Å². The Morgan fingerprint density at radius 2 is 2.31 bits per heavy atom. The maximum atomic E-state index is 13.4. The molecule has 0 bridgehead atoms. The maximum absolute atomic E-state index is 13.4. The molecule has 0 aromatic heterocycles. The summed E-state index contributed by atoms with van der Waals surface area (Å²) in [5.41, 5.74) is 2.54. The fourth-order valence-corrected chi connectivity index (χ4v) is 3.22. The van der Waals surface area contributed by atoms with Crippen molar-refractivity contribution >= 4 is 5.69 Å². The lowest BCUT2D eigenvalue weighted by atomic mass is 9.76. The third-order valence-electron chi connectivity index (χ3n) is 3.95. The fraction of sp³-hybridized carbons (Fsp3) is 0.538. The van der Waals surface area contributed by atoms with E-state index in [0.717, 1.165) is 19.6 Å². The van der Waals surface area contributed by atoms with Crippen LogP contribution in [0.2, 0.25) is 0 Å².